The van der Waals surface area contributed by atoms with Gasteiger partial charge in [-0.2, -0.15) is 5.10 Å². The Kier molecular flexibility index (Phi) is 3.85. The molecule has 0 radical (unpaired) electrons. The summed E-state index contributed by atoms with van der Waals surface area (Å²) in [5, 5.41) is 15.4. The highest BCUT2D eigenvalue weighted by Gasteiger charge is 2.16. The lowest BCUT2D eigenvalue weighted by molar-refractivity contribution is 0.448. The Labute approximate surface area is 120 Å². The first kappa shape index (κ1) is 14.2. The Balaban J connectivity index is 2.45. The summed E-state index contributed by atoms with van der Waals surface area (Å²) in [6.45, 7) is 3.51. The Hall–Kier alpha value is -2.21. The molecular weight excluding hydrogens is 283 g/mol. The van der Waals surface area contributed by atoms with Crippen molar-refractivity contribution in [3.8, 4) is 11.6 Å². The monoisotopic (exact) mass is 294 g/mol. The third-order valence-corrected chi connectivity index (χ3v) is 3.10. The topological polar surface area (TPSA) is 84.9 Å². The summed E-state index contributed by atoms with van der Waals surface area (Å²) >= 11 is 5.60. The molecule has 0 unspecified atom stereocenters. The number of hydrogen-bond donors (Lipinski definition) is 2. The molecule has 5 nitrogen and oxygen atoms in total. The van der Waals surface area contributed by atoms with Crippen LogP contribution >= 0.6 is 11.6 Å². The maximum Gasteiger partial charge on any atom is 0.250 e. The molecule has 20 heavy (non-hydrogen) atoms. The van der Waals surface area contributed by atoms with Crippen LogP contribution in [0.3, 0.4) is 0 Å². The molecule has 0 saturated heterocycles. The van der Waals surface area contributed by atoms with Crippen molar-refractivity contribution in [3.63, 3.8) is 0 Å². The van der Waals surface area contributed by atoms with Gasteiger partial charge in [0, 0.05) is 6.07 Å². The van der Waals surface area contributed by atoms with Crippen molar-refractivity contribution in [2.45, 2.75) is 13.8 Å². The molecule has 0 aliphatic carbocycles. The van der Waals surface area contributed by atoms with Gasteiger partial charge in [-0.05, 0) is 31.5 Å². The van der Waals surface area contributed by atoms with Crippen LogP contribution in [0.1, 0.15) is 16.8 Å². The molecule has 0 saturated carbocycles. The van der Waals surface area contributed by atoms with Crippen LogP contribution in [0.15, 0.2) is 18.2 Å². The zero-order chi connectivity index (χ0) is 14.9. The fourth-order valence-corrected chi connectivity index (χ4v) is 1.74. The number of aryl methyl sites for hydroxylation is 1. The molecule has 2 rings (SSSR count). The standard InChI is InChI=1S/C13H12ClFN4O/c1-6-7(2)18-19-13(11(6)12(16)17)20-8-3-4-9(14)10(15)5-8/h3-5H,1-2H3,(H3,16,17). The summed E-state index contributed by atoms with van der Waals surface area (Å²) in [6, 6.07) is 3.99. The van der Waals surface area contributed by atoms with Gasteiger partial charge in [-0.15, -0.1) is 5.10 Å². The number of nitrogens with zero attached hydrogens (tertiary/aromatic N) is 2. The van der Waals surface area contributed by atoms with Crippen molar-refractivity contribution in [1.82, 2.24) is 10.2 Å². The third kappa shape index (κ3) is 2.70. The average molecular weight is 295 g/mol. The Morgan fingerprint density at radius 2 is 2.05 bits per heavy atom. The van der Waals surface area contributed by atoms with Gasteiger partial charge in [-0.25, -0.2) is 4.39 Å². The number of benzene rings is 1. The van der Waals surface area contributed by atoms with Crippen molar-refractivity contribution in [2.24, 2.45) is 5.73 Å². The van der Waals surface area contributed by atoms with Crippen molar-refractivity contribution in [3.05, 3.63) is 45.9 Å². The van der Waals surface area contributed by atoms with E-state index in [1.54, 1.807) is 13.8 Å². The van der Waals surface area contributed by atoms with Crippen molar-refractivity contribution < 1.29 is 9.13 Å². The molecule has 1 heterocycles. The van der Waals surface area contributed by atoms with Gasteiger partial charge in [0.05, 0.1) is 16.3 Å². The van der Waals surface area contributed by atoms with Gasteiger partial charge in [-0.3, -0.25) is 5.41 Å². The molecular formula is C13H12ClFN4O. The summed E-state index contributed by atoms with van der Waals surface area (Å²) in [4.78, 5) is 0. The second-order valence-corrected chi connectivity index (χ2v) is 4.59. The van der Waals surface area contributed by atoms with E-state index in [0.717, 1.165) is 6.07 Å². The van der Waals surface area contributed by atoms with E-state index < -0.39 is 5.82 Å². The number of aromatic nitrogens is 2. The number of nitrogens with one attached hydrogen (secondary N) is 1. The van der Waals surface area contributed by atoms with Gasteiger partial charge in [0.25, 0.3) is 0 Å². The van der Waals surface area contributed by atoms with E-state index in [4.69, 9.17) is 27.5 Å². The van der Waals surface area contributed by atoms with Crippen LogP contribution < -0.4 is 10.5 Å². The normalized spacial score (nSPS) is 10.4. The first-order valence-corrected chi connectivity index (χ1v) is 6.09. The van der Waals surface area contributed by atoms with Crippen LogP contribution in [-0.4, -0.2) is 16.0 Å². The summed E-state index contributed by atoms with van der Waals surface area (Å²) in [5.74, 6) is -0.537. The lowest BCUT2D eigenvalue weighted by Gasteiger charge is -2.12. The van der Waals surface area contributed by atoms with Gasteiger partial charge >= 0.3 is 0 Å². The van der Waals surface area contributed by atoms with Gasteiger partial charge in [-0.1, -0.05) is 11.6 Å². The van der Waals surface area contributed by atoms with E-state index >= 15 is 0 Å². The summed E-state index contributed by atoms with van der Waals surface area (Å²) in [7, 11) is 0. The molecule has 0 atom stereocenters. The number of ether oxygens (including phenoxy) is 1. The summed E-state index contributed by atoms with van der Waals surface area (Å²) < 4.78 is 18.8. The van der Waals surface area contributed by atoms with Crippen molar-refractivity contribution in [1.29, 1.82) is 5.41 Å². The van der Waals surface area contributed by atoms with E-state index in [0.29, 0.717) is 16.8 Å². The summed E-state index contributed by atoms with van der Waals surface area (Å²) in [5.41, 5.74) is 7.21. The molecule has 3 N–H and O–H groups in total. The highest BCUT2D eigenvalue weighted by molar-refractivity contribution is 6.30. The van der Waals surface area contributed by atoms with Crippen molar-refractivity contribution >= 4 is 17.4 Å². The molecule has 104 valence electrons. The van der Waals surface area contributed by atoms with E-state index in [9.17, 15) is 4.39 Å². The zero-order valence-electron chi connectivity index (χ0n) is 10.9. The number of amidine groups is 1. The van der Waals surface area contributed by atoms with E-state index in [2.05, 4.69) is 10.2 Å². The minimum Gasteiger partial charge on any atom is -0.437 e. The number of nitrogens with two attached hydrogens (primary N) is 1. The van der Waals surface area contributed by atoms with Gasteiger partial charge in [0.15, 0.2) is 0 Å². The fraction of sp³-hybridized carbons (Fsp3) is 0.154. The fourth-order valence-electron chi connectivity index (χ4n) is 1.63. The van der Waals surface area contributed by atoms with Crippen LogP contribution in [0, 0.1) is 25.1 Å². The van der Waals surface area contributed by atoms with Crippen molar-refractivity contribution in [2.75, 3.05) is 0 Å². The van der Waals surface area contributed by atoms with Gasteiger partial charge in [0.2, 0.25) is 5.88 Å². The van der Waals surface area contributed by atoms with Gasteiger partial charge < -0.3 is 10.5 Å². The minimum atomic E-state index is -0.606. The van der Waals surface area contributed by atoms with Crippen LogP contribution in [0.25, 0.3) is 0 Å². The van der Waals surface area contributed by atoms with Crippen LogP contribution in [0.4, 0.5) is 4.39 Å². The van der Waals surface area contributed by atoms with E-state index in [1.807, 2.05) is 0 Å². The van der Waals surface area contributed by atoms with Gasteiger partial charge in [0.1, 0.15) is 17.4 Å². The largest absolute Gasteiger partial charge is 0.437 e. The Bertz CT molecular complexity index is 690. The van der Waals surface area contributed by atoms with E-state index in [1.165, 1.54) is 12.1 Å². The number of hydrogen-bond acceptors (Lipinski definition) is 4. The predicted octanol–water partition coefficient (Wildman–Crippen LogP) is 2.96. The number of rotatable bonds is 3. The maximum absolute atomic E-state index is 13.4. The SMILES string of the molecule is Cc1nnc(Oc2ccc(Cl)c(F)c2)c(C(=N)N)c1C. The molecule has 1 aromatic carbocycles. The smallest absolute Gasteiger partial charge is 0.250 e. The lowest BCUT2D eigenvalue weighted by Crippen LogP contribution is -2.16. The molecule has 1 aromatic heterocycles. The zero-order valence-corrected chi connectivity index (χ0v) is 11.6. The molecule has 2 aromatic rings. The second kappa shape index (κ2) is 5.42. The number of halogens is 2. The first-order chi connectivity index (χ1) is 9.40. The lowest BCUT2D eigenvalue weighted by atomic mass is 10.1. The summed E-state index contributed by atoms with van der Waals surface area (Å²) in [6.07, 6.45) is 0. The van der Waals surface area contributed by atoms with Crippen LogP contribution in [0.5, 0.6) is 11.6 Å². The minimum absolute atomic E-state index is 0.00434. The quantitative estimate of drug-likeness (QED) is 0.673. The Morgan fingerprint density at radius 3 is 2.65 bits per heavy atom. The molecule has 0 bridgehead atoms. The molecule has 0 fully saturated rings. The average Bonchev–Trinajstić information content (AvgIpc) is 2.38. The first-order valence-electron chi connectivity index (χ1n) is 5.71. The predicted molar refractivity (Wildman–Crippen MR) is 74.0 cm³/mol. The second-order valence-electron chi connectivity index (χ2n) is 4.18. The van der Waals surface area contributed by atoms with Crippen LogP contribution in [0.2, 0.25) is 5.02 Å². The molecule has 7 heteroatoms. The highest BCUT2D eigenvalue weighted by Crippen LogP contribution is 2.27. The number of nitrogen functional groups attached to an aromatic ring is 1. The Morgan fingerprint density at radius 1 is 1.35 bits per heavy atom. The molecule has 0 amide bonds. The van der Waals surface area contributed by atoms with Crippen LogP contribution in [-0.2, 0) is 0 Å². The third-order valence-electron chi connectivity index (χ3n) is 2.80. The van der Waals surface area contributed by atoms with E-state index in [-0.39, 0.29) is 22.5 Å². The highest BCUT2D eigenvalue weighted by atomic mass is 35.5. The maximum atomic E-state index is 13.4. The molecule has 0 spiro atoms. The molecule has 0 aliphatic heterocycles. The molecule has 0 aliphatic rings.